The van der Waals surface area contributed by atoms with Crippen molar-refractivity contribution in [3.05, 3.63) is 30.5 Å². The fourth-order valence-electron chi connectivity index (χ4n) is 1.25. The molecule has 1 radical (unpaired) electrons. The van der Waals surface area contributed by atoms with Crippen molar-refractivity contribution in [2.75, 3.05) is 19.0 Å². The molecule has 2 aromatic rings. The summed E-state index contributed by atoms with van der Waals surface area (Å²) in [5.41, 5.74) is 2.35. The summed E-state index contributed by atoms with van der Waals surface area (Å²) >= 11 is 0. The maximum Gasteiger partial charge on any atom is 0.0630 e. The molecule has 0 aliphatic rings. The first kappa shape index (κ1) is 7.22. The number of hydrogen-bond donors (Lipinski definition) is 1. The average molecular weight is 159 g/mol. The molecule has 2 nitrogen and oxygen atoms in total. The summed E-state index contributed by atoms with van der Waals surface area (Å²) in [5.74, 6) is 0. The summed E-state index contributed by atoms with van der Waals surface area (Å²) in [6.07, 6.45) is 2.96. The molecule has 0 spiro atoms. The van der Waals surface area contributed by atoms with Crippen molar-refractivity contribution >= 4 is 16.6 Å². The molecule has 12 heavy (non-hydrogen) atoms. The van der Waals surface area contributed by atoms with Crippen molar-refractivity contribution in [3.8, 4) is 0 Å². The molecular weight excluding hydrogens is 148 g/mol. The van der Waals surface area contributed by atoms with Crippen LogP contribution in [0.25, 0.3) is 10.9 Å². The van der Waals surface area contributed by atoms with Gasteiger partial charge in [0.1, 0.15) is 0 Å². The summed E-state index contributed by atoms with van der Waals surface area (Å²) in [7, 11) is 4.07. The molecule has 1 aromatic heterocycles. The van der Waals surface area contributed by atoms with Gasteiger partial charge in [-0.25, -0.2) is 0 Å². The first-order chi connectivity index (χ1) is 5.77. The van der Waals surface area contributed by atoms with Crippen LogP contribution >= 0.6 is 0 Å². The van der Waals surface area contributed by atoms with Crippen molar-refractivity contribution in [1.29, 1.82) is 0 Å². The molecule has 0 amide bonds. The zero-order valence-electron chi connectivity index (χ0n) is 7.26. The second-order valence-corrected chi connectivity index (χ2v) is 3.08. The van der Waals surface area contributed by atoms with Gasteiger partial charge in [0.05, 0.1) is 6.20 Å². The molecule has 2 rings (SSSR count). The van der Waals surface area contributed by atoms with Gasteiger partial charge in [0.15, 0.2) is 0 Å². The topological polar surface area (TPSA) is 19.0 Å². The van der Waals surface area contributed by atoms with Crippen LogP contribution in [-0.2, 0) is 0 Å². The van der Waals surface area contributed by atoms with Crippen LogP contribution in [-0.4, -0.2) is 19.1 Å². The van der Waals surface area contributed by atoms with Gasteiger partial charge in [-0.2, -0.15) is 0 Å². The molecule has 1 heterocycles. The standard InChI is InChI=1S/C10H11N2/c1-12(2)9-4-3-8-5-6-11-10(8)7-9/h3-5,7,11H,1-2H3. The van der Waals surface area contributed by atoms with Gasteiger partial charge in [0.25, 0.3) is 0 Å². The number of benzene rings is 1. The Bertz CT molecular complexity index is 387. The molecule has 0 atom stereocenters. The van der Waals surface area contributed by atoms with Crippen LogP contribution in [0.4, 0.5) is 5.69 Å². The maximum absolute atomic E-state index is 3.06. The van der Waals surface area contributed by atoms with Crippen LogP contribution in [0.3, 0.4) is 0 Å². The van der Waals surface area contributed by atoms with Gasteiger partial charge in [-0.1, -0.05) is 6.07 Å². The molecule has 1 aromatic carbocycles. The van der Waals surface area contributed by atoms with Crippen molar-refractivity contribution < 1.29 is 0 Å². The van der Waals surface area contributed by atoms with Gasteiger partial charge >= 0.3 is 0 Å². The van der Waals surface area contributed by atoms with E-state index in [4.69, 9.17) is 0 Å². The van der Waals surface area contributed by atoms with Gasteiger partial charge in [-0.15, -0.1) is 0 Å². The second-order valence-electron chi connectivity index (χ2n) is 3.08. The monoisotopic (exact) mass is 159 g/mol. The third-order valence-electron chi connectivity index (χ3n) is 1.99. The van der Waals surface area contributed by atoms with Gasteiger partial charge in [0.2, 0.25) is 0 Å². The quantitative estimate of drug-likeness (QED) is 0.674. The van der Waals surface area contributed by atoms with Crippen LogP contribution in [0.15, 0.2) is 24.3 Å². The predicted molar refractivity (Wildman–Crippen MR) is 51.5 cm³/mol. The Kier molecular flexibility index (Phi) is 1.54. The van der Waals surface area contributed by atoms with Crippen LogP contribution < -0.4 is 4.90 Å². The zero-order valence-corrected chi connectivity index (χ0v) is 7.26. The zero-order chi connectivity index (χ0) is 8.55. The van der Waals surface area contributed by atoms with Crippen molar-refractivity contribution in [2.24, 2.45) is 0 Å². The van der Waals surface area contributed by atoms with E-state index in [0.29, 0.717) is 0 Å². The largest absolute Gasteiger partial charge is 0.378 e. The molecule has 2 heteroatoms. The lowest BCUT2D eigenvalue weighted by Gasteiger charge is -2.11. The molecular formula is C10H11N2. The number of nitrogens with zero attached hydrogens (tertiary/aromatic N) is 1. The highest BCUT2D eigenvalue weighted by Gasteiger charge is 1.97. The Morgan fingerprint density at radius 2 is 2.17 bits per heavy atom. The van der Waals surface area contributed by atoms with Gasteiger partial charge in [0, 0.05) is 30.7 Å². The van der Waals surface area contributed by atoms with E-state index in [1.807, 2.05) is 20.2 Å². The van der Waals surface area contributed by atoms with Gasteiger partial charge < -0.3 is 9.88 Å². The van der Waals surface area contributed by atoms with E-state index in [0.717, 1.165) is 5.52 Å². The van der Waals surface area contributed by atoms with Crippen molar-refractivity contribution in [1.82, 2.24) is 4.98 Å². The highest BCUT2D eigenvalue weighted by Crippen LogP contribution is 2.18. The number of nitrogens with one attached hydrogen (secondary N) is 1. The molecule has 0 aliphatic heterocycles. The number of aromatic amines is 1. The minimum absolute atomic E-state index is 1.14. The minimum Gasteiger partial charge on any atom is -0.378 e. The van der Waals surface area contributed by atoms with Crippen LogP contribution in [0.5, 0.6) is 0 Å². The summed E-state index contributed by atoms with van der Waals surface area (Å²) in [6, 6.07) is 8.27. The number of rotatable bonds is 1. The maximum atomic E-state index is 3.06. The Balaban J connectivity index is 2.60. The summed E-state index contributed by atoms with van der Waals surface area (Å²) in [6.45, 7) is 0. The molecule has 0 fully saturated rings. The van der Waals surface area contributed by atoms with E-state index in [1.54, 1.807) is 0 Å². The lowest BCUT2D eigenvalue weighted by molar-refractivity contribution is 1.13. The fourth-order valence-corrected chi connectivity index (χ4v) is 1.25. The number of hydrogen-bond acceptors (Lipinski definition) is 1. The first-order valence-corrected chi connectivity index (χ1v) is 3.93. The average Bonchev–Trinajstić information content (AvgIpc) is 2.49. The first-order valence-electron chi connectivity index (χ1n) is 3.93. The lowest BCUT2D eigenvalue weighted by atomic mass is 10.2. The molecule has 0 unspecified atom stereocenters. The molecule has 0 saturated heterocycles. The van der Waals surface area contributed by atoms with Crippen molar-refractivity contribution in [2.45, 2.75) is 0 Å². The highest BCUT2D eigenvalue weighted by atomic mass is 15.1. The lowest BCUT2D eigenvalue weighted by Crippen LogP contribution is -2.07. The Morgan fingerprint density at radius 1 is 1.33 bits per heavy atom. The highest BCUT2D eigenvalue weighted by molar-refractivity contribution is 5.82. The summed E-state index contributed by atoms with van der Waals surface area (Å²) < 4.78 is 0. The molecule has 61 valence electrons. The van der Waals surface area contributed by atoms with Crippen LogP contribution in [0.1, 0.15) is 0 Å². The van der Waals surface area contributed by atoms with E-state index < -0.39 is 0 Å². The van der Waals surface area contributed by atoms with E-state index in [-0.39, 0.29) is 0 Å². The summed E-state index contributed by atoms with van der Waals surface area (Å²) in [4.78, 5) is 5.15. The predicted octanol–water partition coefficient (Wildman–Crippen LogP) is 2.03. The number of anilines is 1. The molecule has 1 N–H and O–H groups in total. The van der Waals surface area contributed by atoms with Gasteiger partial charge in [-0.05, 0) is 18.2 Å². The smallest absolute Gasteiger partial charge is 0.0630 e. The number of aromatic nitrogens is 1. The molecule has 0 aliphatic carbocycles. The van der Waals surface area contributed by atoms with E-state index in [2.05, 4.69) is 34.3 Å². The third-order valence-corrected chi connectivity index (χ3v) is 1.99. The van der Waals surface area contributed by atoms with Crippen LogP contribution in [0, 0.1) is 6.20 Å². The Labute approximate surface area is 71.8 Å². The van der Waals surface area contributed by atoms with E-state index >= 15 is 0 Å². The normalized spacial score (nSPS) is 10.5. The van der Waals surface area contributed by atoms with E-state index in [1.165, 1.54) is 11.1 Å². The number of H-pyrrole nitrogens is 1. The minimum atomic E-state index is 1.14. The summed E-state index contributed by atoms with van der Waals surface area (Å²) in [5, 5.41) is 1.21. The second kappa shape index (κ2) is 2.55. The Hall–Kier alpha value is -1.44. The van der Waals surface area contributed by atoms with Gasteiger partial charge in [-0.3, -0.25) is 0 Å². The third kappa shape index (κ3) is 1.05. The fraction of sp³-hybridized carbons (Fsp3) is 0.200. The van der Waals surface area contributed by atoms with Crippen LogP contribution in [0.2, 0.25) is 0 Å². The molecule has 0 saturated carbocycles. The SMILES string of the molecule is CN(C)c1ccc2c[c][nH]c2c1. The van der Waals surface area contributed by atoms with E-state index in [9.17, 15) is 0 Å². The van der Waals surface area contributed by atoms with Crippen molar-refractivity contribution in [3.63, 3.8) is 0 Å². The molecule has 0 bridgehead atoms. The number of fused-ring (bicyclic) bond motifs is 1. The Morgan fingerprint density at radius 3 is 2.92 bits per heavy atom.